The number of aliphatic hydroxyl groups excluding tert-OH is 2. The summed E-state index contributed by atoms with van der Waals surface area (Å²) in [5.41, 5.74) is 7.78. The summed E-state index contributed by atoms with van der Waals surface area (Å²) in [6, 6.07) is 0.0524. The van der Waals surface area contributed by atoms with Crippen molar-refractivity contribution in [3.8, 4) is 5.75 Å². The van der Waals surface area contributed by atoms with Gasteiger partial charge in [-0.05, 0) is 38.4 Å². The molecule has 0 aromatic heterocycles. The van der Waals surface area contributed by atoms with E-state index in [9.17, 15) is 34.8 Å². The minimum absolute atomic E-state index is 0. The van der Waals surface area contributed by atoms with E-state index in [0.717, 1.165) is 6.07 Å². The van der Waals surface area contributed by atoms with Crippen molar-refractivity contribution in [1.82, 2.24) is 4.90 Å². The summed E-state index contributed by atoms with van der Waals surface area (Å²) < 4.78 is 0. The number of ketones is 2. The molecule has 0 saturated carbocycles. The monoisotopic (exact) mass is 499 g/mol. The zero-order valence-electron chi connectivity index (χ0n) is 17.6. The zero-order valence-corrected chi connectivity index (χ0v) is 19.2. The number of allylic oxidation sites excluding steroid dienone is 1. The molecule has 8 N–H and O–H groups in total. The Bertz CT molecular complexity index is 1180. The maximum Gasteiger partial charge on any atom is 0.255 e. The van der Waals surface area contributed by atoms with Crippen LogP contribution in [-0.2, 0) is 16.0 Å². The number of anilines is 1. The van der Waals surface area contributed by atoms with Crippen LogP contribution >= 0.6 is 24.0 Å². The molecule has 3 aliphatic carbocycles. The van der Waals surface area contributed by atoms with Crippen LogP contribution in [0.2, 0.25) is 5.02 Å². The van der Waals surface area contributed by atoms with Crippen molar-refractivity contribution in [2.75, 3.05) is 19.8 Å². The standard InChI is InChI=1S/C21H22ClN3O7.ClH/c1-25(2)15-8-4-6-3-7-12(10(26)5-9(22)14(7)23)16(27)11(6)18(29)21(8,32)19(30)13(17(15)28)20(24)31;/h5-6,8,15,26,28-29,32H,3-4,23H2,1-2H3,(H2,24,31);1H/t6?,8?,15-,21?;/m0./s1. The third-order valence-electron chi connectivity index (χ3n) is 6.72. The van der Waals surface area contributed by atoms with Crippen LogP contribution in [0.4, 0.5) is 5.69 Å². The summed E-state index contributed by atoms with van der Waals surface area (Å²) in [6.45, 7) is 0. The van der Waals surface area contributed by atoms with Crippen LogP contribution in [0.5, 0.6) is 5.75 Å². The van der Waals surface area contributed by atoms with Crippen LogP contribution in [0.3, 0.4) is 0 Å². The lowest BCUT2D eigenvalue weighted by atomic mass is 9.58. The molecular weight excluding hydrogens is 477 g/mol. The molecule has 0 bridgehead atoms. The van der Waals surface area contributed by atoms with Crippen molar-refractivity contribution in [1.29, 1.82) is 0 Å². The summed E-state index contributed by atoms with van der Waals surface area (Å²) in [5, 5.41) is 43.6. The Hall–Kier alpha value is -2.79. The van der Waals surface area contributed by atoms with Crippen LogP contribution in [0.1, 0.15) is 22.3 Å². The minimum atomic E-state index is -2.67. The summed E-state index contributed by atoms with van der Waals surface area (Å²) in [5.74, 6) is -7.15. The number of carbonyl (C=O) groups is 3. The predicted molar refractivity (Wildman–Crippen MR) is 120 cm³/mol. The van der Waals surface area contributed by atoms with Gasteiger partial charge in [0, 0.05) is 17.6 Å². The first-order chi connectivity index (χ1) is 14.8. The molecule has 0 radical (unpaired) electrons. The van der Waals surface area contributed by atoms with E-state index in [2.05, 4.69) is 0 Å². The van der Waals surface area contributed by atoms with Gasteiger partial charge in [0.05, 0.1) is 22.3 Å². The van der Waals surface area contributed by atoms with Crippen LogP contribution in [-0.4, -0.2) is 68.5 Å². The van der Waals surface area contributed by atoms with Gasteiger partial charge in [0.1, 0.15) is 22.8 Å². The van der Waals surface area contributed by atoms with Crippen LogP contribution < -0.4 is 11.5 Å². The van der Waals surface area contributed by atoms with E-state index in [4.69, 9.17) is 23.1 Å². The Kier molecular flexibility index (Phi) is 5.96. The molecule has 0 heterocycles. The van der Waals surface area contributed by atoms with E-state index >= 15 is 0 Å². The molecule has 0 saturated heterocycles. The van der Waals surface area contributed by atoms with Crippen LogP contribution in [0.25, 0.3) is 0 Å². The number of rotatable bonds is 2. The molecule has 12 heteroatoms. The number of aliphatic hydroxyl groups is 3. The number of likely N-dealkylation sites (N-methyl/N-ethyl adjacent to an activating group) is 1. The van der Waals surface area contributed by atoms with E-state index in [-0.39, 0.29) is 47.1 Å². The Morgan fingerprint density at radius 3 is 2.39 bits per heavy atom. The topological polar surface area (TPSA) is 187 Å². The normalized spacial score (nSPS) is 28.8. The SMILES string of the molecule is CN(C)[C@@H]1C(O)=C(C(N)=O)C(=O)C2(O)C(O)=C3C(=O)c4c(O)cc(Cl)c(N)c4CC3CC12.Cl. The number of benzene rings is 1. The number of hydrogen-bond donors (Lipinski definition) is 6. The van der Waals surface area contributed by atoms with E-state index in [1.54, 1.807) is 14.1 Å². The molecule has 0 aliphatic heterocycles. The van der Waals surface area contributed by atoms with Crippen LogP contribution in [0, 0.1) is 11.8 Å². The second-order valence-electron chi connectivity index (χ2n) is 8.61. The molecular formula is C21H23Cl2N3O7. The van der Waals surface area contributed by atoms with E-state index in [0.29, 0.717) is 5.56 Å². The molecule has 4 atom stereocenters. The maximum absolute atomic E-state index is 13.3. The van der Waals surface area contributed by atoms with Crippen molar-refractivity contribution >= 4 is 47.2 Å². The number of amides is 1. The molecule has 3 aliphatic rings. The van der Waals surface area contributed by atoms with Crippen molar-refractivity contribution in [2.45, 2.75) is 24.5 Å². The summed E-state index contributed by atoms with van der Waals surface area (Å²) in [4.78, 5) is 39.8. The van der Waals surface area contributed by atoms with E-state index in [1.165, 1.54) is 4.90 Å². The fraction of sp³-hybridized carbons (Fsp3) is 0.381. The smallest absolute Gasteiger partial charge is 0.255 e. The number of hydrogen-bond acceptors (Lipinski definition) is 9. The van der Waals surface area contributed by atoms with Gasteiger partial charge in [0.25, 0.3) is 5.91 Å². The molecule has 1 aromatic rings. The molecule has 178 valence electrons. The van der Waals surface area contributed by atoms with Gasteiger partial charge in [0.2, 0.25) is 5.78 Å². The van der Waals surface area contributed by atoms with Gasteiger partial charge < -0.3 is 31.9 Å². The fourth-order valence-corrected chi connectivity index (χ4v) is 5.54. The molecule has 33 heavy (non-hydrogen) atoms. The third-order valence-corrected chi connectivity index (χ3v) is 7.03. The second kappa shape index (κ2) is 7.91. The zero-order chi connectivity index (χ0) is 23.9. The Morgan fingerprint density at radius 2 is 1.85 bits per heavy atom. The number of nitrogens with zero attached hydrogens (tertiary/aromatic N) is 1. The van der Waals surface area contributed by atoms with Gasteiger partial charge >= 0.3 is 0 Å². The number of nitrogens with two attached hydrogens (primary N) is 2. The quantitative estimate of drug-likeness (QED) is 0.194. The second-order valence-corrected chi connectivity index (χ2v) is 9.02. The number of halogens is 2. The molecule has 1 aromatic carbocycles. The highest BCUT2D eigenvalue weighted by Gasteiger charge is 2.63. The van der Waals surface area contributed by atoms with Gasteiger partial charge in [-0.2, -0.15) is 0 Å². The first-order valence-electron chi connectivity index (χ1n) is 9.78. The average Bonchev–Trinajstić information content (AvgIpc) is 2.68. The number of aromatic hydroxyl groups is 1. The van der Waals surface area contributed by atoms with Gasteiger partial charge in [-0.25, -0.2) is 0 Å². The number of phenols is 1. The first-order valence-corrected chi connectivity index (χ1v) is 10.2. The number of fused-ring (bicyclic) bond motifs is 3. The third kappa shape index (κ3) is 3.12. The maximum atomic E-state index is 13.3. The van der Waals surface area contributed by atoms with Crippen molar-refractivity contribution < 1.29 is 34.8 Å². The molecule has 1 amide bonds. The van der Waals surface area contributed by atoms with Crippen LogP contribution in [0.15, 0.2) is 28.7 Å². The largest absolute Gasteiger partial charge is 0.510 e. The molecule has 0 spiro atoms. The highest BCUT2D eigenvalue weighted by Crippen LogP contribution is 2.53. The lowest BCUT2D eigenvalue weighted by Gasteiger charge is -2.50. The van der Waals surface area contributed by atoms with Crippen molar-refractivity contribution in [3.63, 3.8) is 0 Å². The van der Waals surface area contributed by atoms with Crippen molar-refractivity contribution in [2.24, 2.45) is 17.6 Å². The highest BCUT2D eigenvalue weighted by molar-refractivity contribution is 6.34. The summed E-state index contributed by atoms with van der Waals surface area (Å²) in [7, 11) is 3.12. The highest BCUT2D eigenvalue weighted by atomic mass is 35.5. The Labute approximate surface area is 199 Å². The van der Waals surface area contributed by atoms with Gasteiger partial charge in [-0.3, -0.25) is 19.3 Å². The fourth-order valence-electron chi connectivity index (χ4n) is 5.32. The molecule has 10 nitrogen and oxygen atoms in total. The van der Waals surface area contributed by atoms with Gasteiger partial charge in [-0.1, -0.05) is 11.6 Å². The first kappa shape index (κ1) is 24.8. The van der Waals surface area contributed by atoms with Crippen molar-refractivity contribution in [3.05, 3.63) is 44.9 Å². The number of carbonyl (C=O) groups excluding carboxylic acids is 3. The van der Waals surface area contributed by atoms with E-state index in [1.807, 2.05) is 0 Å². The molecule has 4 rings (SSSR count). The number of Topliss-reactive ketones (excluding diaryl/α,β-unsaturated/α-hetero) is 2. The Balaban J connectivity index is 0.00000306. The van der Waals surface area contributed by atoms with Gasteiger partial charge in [0.15, 0.2) is 11.4 Å². The minimum Gasteiger partial charge on any atom is -0.510 e. The lowest BCUT2D eigenvalue weighted by Crippen LogP contribution is -2.63. The Morgan fingerprint density at radius 1 is 1.24 bits per heavy atom. The number of nitrogen functional groups attached to an aromatic ring is 1. The predicted octanol–water partition coefficient (Wildman–Crippen LogP) is 0.778. The summed E-state index contributed by atoms with van der Waals surface area (Å²) >= 11 is 6.05. The summed E-state index contributed by atoms with van der Waals surface area (Å²) in [6.07, 6.45) is 0.0764. The average molecular weight is 500 g/mol. The number of primary amides is 1. The van der Waals surface area contributed by atoms with Gasteiger partial charge in [-0.15, -0.1) is 12.4 Å². The molecule has 0 fully saturated rings. The number of phenolic OH excluding ortho intramolecular Hbond substituents is 1. The lowest BCUT2D eigenvalue weighted by molar-refractivity contribution is -0.148. The molecule has 3 unspecified atom stereocenters. The van der Waals surface area contributed by atoms with E-state index < -0.39 is 63.8 Å².